The third-order valence-electron chi connectivity index (χ3n) is 3.43. The molecule has 2 aromatic rings. The number of aliphatic carboxylic acids is 1. The number of nitrogens with zero attached hydrogens (tertiary/aromatic N) is 3. The molecule has 1 amide bonds. The molecule has 9 heteroatoms. The monoisotopic (exact) mass is 308 g/mol. The van der Waals surface area contributed by atoms with Gasteiger partial charge >= 0.3 is 5.97 Å². The number of fused-ring (bicyclic) bond motifs is 1. The molecule has 0 saturated heterocycles. The molecule has 114 valence electrons. The maximum absolute atomic E-state index is 13.7. The third-order valence-corrected chi connectivity index (χ3v) is 3.43. The van der Waals surface area contributed by atoms with Crippen LogP contribution in [0.2, 0.25) is 0 Å². The number of rotatable bonds is 2. The number of hydrogen-bond acceptors (Lipinski definition) is 4. The van der Waals surface area contributed by atoms with Crippen LogP contribution in [-0.4, -0.2) is 43.4 Å². The van der Waals surface area contributed by atoms with Crippen LogP contribution in [0.15, 0.2) is 18.6 Å². The zero-order valence-electron chi connectivity index (χ0n) is 11.1. The van der Waals surface area contributed by atoms with Gasteiger partial charge in [0.05, 0.1) is 18.2 Å². The molecular formula is C13H10F2N4O3. The van der Waals surface area contributed by atoms with E-state index in [0.717, 1.165) is 4.90 Å². The summed E-state index contributed by atoms with van der Waals surface area (Å²) in [6.07, 6.45) is 2.40. The molecule has 0 fully saturated rings. The highest BCUT2D eigenvalue weighted by atomic mass is 19.1. The van der Waals surface area contributed by atoms with Gasteiger partial charge in [-0.05, 0) is 0 Å². The van der Waals surface area contributed by atoms with Crippen molar-refractivity contribution in [3.8, 4) is 0 Å². The summed E-state index contributed by atoms with van der Waals surface area (Å²) < 4.78 is 26.6. The number of hydrogen-bond donors (Lipinski definition) is 2. The van der Waals surface area contributed by atoms with Crippen molar-refractivity contribution in [1.82, 2.24) is 19.9 Å². The molecule has 0 unspecified atom stereocenters. The molecule has 0 aliphatic carbocycles. The lowest BCUT2D eigenvalue weighted by Crippen LogP contribution is -2.44. The molecule has 2 aromatic heterocycles. The number of carboxylic acids is 1. The molecule has 0 saturated carbocycles. The van der Waals surface area contributed by atoms with Crippen molar-refractivity contribution in [2.45, 2.75) is 12.5 Å². The minimum absolute atomic E-state index is 0.0590. The van der Waals surface area contributed by atoms with Gasteiger partial charge in [0.1, 0.15) is 5.82 Å². The Bertz CT molecular complexity index is 761. The van der Waals surface area contributed by atoms with Crippen LogP contribution in [0.1, 0.15) is 27.9 Å². The Labute approximate surface area is 122 Å². The summed E-state index contributed by atoms with van der Waals surface area (Å²) in [6.45, 7) is 0.0590. The fraction of sp³-hybridized carbons (Fsp3) is 0.231. The van der Waals surface area contributed by atoms with E-state index in [1.165, 1.54) is 6.33 Å². The molecular weight excluding hydrogens is 298 g/mol. The van der Waals surface area contributed by atoms with Crippen molar-refractivity contribution in [1.29, 1.82) is 0 Å². The summed E-state index contributed by atoms with van der Waals surface area (Å²) in [5.74, 6) is -4.26. The highest BCUT2D eigenvalue weighted by Gasteiger charge is 2.39. The Morgan fingerprint density at radius 2 is 2.14 bits per heavy atom. The molecule has 0 aromatic carbocycles. The summed E-state index contributed by atoms with van der Waals surface area (Å²) in [5, 5.41) is 9.36. The van der Waals surface area contributed by atoms with Crippen molar-refractivity contribution in [2.24, 2.45) is 0 Å². The highest BCUT2D eigenvalue weighted by molar-refractivity contribution is 5.95. The Hall–Kier alpha value is -2.84. The summed E-state index contributed by atoms with van der Waals surface area (Å²) in [4.78, 5) is 35.0. The first kappa shape index (κ1) is 14.1. The van der Waals surface area contributed by atoms with Gasteiger partial charge in [0.2, 0.25) is 0 Å². The fourth-order valence-corrected chi connectivity index (χ4v) is 2.45. The van der Waals surface area contributed by atoms with E-state index < -0.39 is 35.2 Å². The lowest BCUT2D eigenvalue weighted by Gasteiger charge is -2.31. The van der Waals surface area contributed by atoms with Crippen molar-refractivity contribution < 1.29 is 23.5 Å². The van der Waals surface area contributed by atoms with Crippen molar-refractivity contribution in [3.63, 3.8) is 0 Å². The second-order valence-corrected chi connectivity index (χ2v) is 4.74. The van der Waals surface area contributed by atoms with Gasteiger partial charge in [-0.3, -0.25) is 4.79 Å². The average molecular weight is 308 g/mol. The van der Waals surface area contributed by atoms with Crippen LogP contribution in [0.4, 0.5) is 8.78 Å². The van der Waals surface area contributed by atoms with E-state index >= 15 is 0 Å². The zero-order valence-corrected chi connectivity index (χ0v) is 11.1. The number of imidazole rings is 1. The van der Waals surface area contributed by atoms with Crippen LogP contribution in [0.5, 0.6) is 0 Å². The number of pyridine rings is 1. The molecule has 0 spiro atoms. The second-order valence-electron chi connectivity index (χ2n) is 4.74. The standard InChI is InChI=1S/C13H10F2N4O3/c14-6-3-7(15)9(16-4-6)12(20)19-2-1-8-10(18-5-17-8)11(19)13(21)22/h3-5,11H,1-2H2,(H,17,18)(H,21,22)/t11-/m1/s1. The third kappa shape index (κ3) is 2.20. The number of H-pyrrole nitrogens is 1. The van der Waals surface area contributed by atoms with Gasteiger partial charge in [0.25, 0.3) is 5.91 Å². The number of carboxylic acid groups (broad SMARTS) is 1. The summed E-state index contributed by atoms with van der Waals surface area (Å²) in [5.41, 5.74) is 0.199. The first-order chi connectivity index (χ1) is 10.5. The fourth-order valence-electron chi connectivity index (χ4n) is 2.45. The molecule has 1 aliphatic heterocycles. The Morgan fingerprint density at radius 1 is 1.36 bits per heavy atom. The Balaban J connectivity index is 2.00. The van der Waals surface area contributed by atoms with E-state index in [1.807, 2.05) is 0 Å². The average Bonchev–Trinajstić information content (AvgIpc) is 2.93. The van der Waals surface area contributed by atoms with E-state index in [4.69, 9.17) is 0 Å². The Morgan fingerprint density at radius 3 is 2.82 bits per heavy atom. The van der Waals surface area contributed by atoms with Gasteiger partial charge in [0, 0.05) is 24.7 Å². The number of halogens is 2. The number of aromatic amines is 1. The Kier molecular flexibility index (Phi) is 3.32. The molecule has 2 N–H and O–H groups in total. The maximum Gasteiger partial charge on any atom is 0.332 e. The normalized spacial score (nSPS) is 17.2. The maximum atomic E-state index is 13.7. The van der Waals surface area contributed by atoms with Crippen LogP contribution < -0.4 is 0 Å². The SMILES string of the molecule is O=C(O)[C@H]1c2nc[nH]c2CCN1C(=O)c1ncc(F)cc1F. The highest BCUT2D eigenvalue weighted by Crippen LogP contribution is 2.29. The first-order valence-corrected chi connectivity index (χ1v) is 6.36. The topological polar surface area (TPSA) is 99.2 Å². The molecule has 1 aliphatic rings. The molecule has 7 nitrogen and oxygen atoms in total. The smallest absolute Gasteiger partial charge is 0.332 e. The molecule has 0 bridgehead atoms. The van der Waals surface area contributed by atoms with Crippen LogP contribution in [0.3, 0.4) is 0 Å². The first-order valence-electron chi connectivity index (χ1n) is 6.36. The minimum atomic E-state index is -1.34. The van der Waals surface area contributed by atoms with E-state index in [9.17, 15) is 23.5 Å². The quantitative estimate of drug-likeness (QED) is 0.859. The molecule has 0 radical (unpaired) electrons. The predicted octanol–water partition coefficient (Wildman–Crippen LogP) is 0.907. The van der Waals surface area contributed by atoms with Crippen LogP contribution in [0, 0.1) is 11.6 Å². The summed E-state index contributed by atoms with van der Waals surface area (Å²) >= 11 is 0. The zero-order chi connectivity index (χ0) is 15.9. The van der Waals surface area contributed by atoms with E-state index in [-0.39, 0.29) is 12.2 Å². The van der Waals surface area contributed by atoms with Gasteiger partial charge in [-0.25, -0.2) is 23.5 Å². The second kappa shape index (κ2) is 5.17. The van der Waals surface area contributed by atoms with Crippen LogP contribution in [0.25, 0.3) is 0 Å². The lowest BCUT2D eigenvalue weighted by atomic mass is 10.0. The van der Waals surface area contributed by atoms with Gasteiger partial charge in [0.15, 0.2) is 17.6 Å². The minimum Gasteiger partial charge on any atom is -0.479 e. The molecule has 3 rings (SSSR count). The number of amides is 1. The van der Waals surface area contributed by atoms with Crippen LogP contribution >= 0.6 is 0 Å². The van der Waals surface area contributed by atoms with Crippen molar-refractivity contribution in [3.05, 3.63) is 47.3 Å². The van der Waals surface area contributed by atoms with Crippen molar-refractivity contribution in [2.75, 3.05) is 6.54 Å². The van der Waals surface area contributed by atoms with Gasteiger partial charge < -0.3 is 15.0 Å². The summed E-state index contributed by atoms with van der Waals surface area (Å²) in [6, 6.07) is -0.811. The molecule has 22 heavy (non-hydrogen) atoms. The largest absolute Gasteiger partial charge is 0.479 e. The van der Waals surface area contributed by atoms with E-state index in [1.54, 1.807) is 0 Å². The number of nitrogens with one attached hydrogen (secondary N) is 1. The molecule has 1 atom stereocenters. The van der Waals surface area contributed by atoms with E-state index in [2.05, 4.69) is 15.0 Å². The number of carbonyl (C=O) groups is 2. The number of aromatic nitrogens is 3. The predicted molar refractivity (Wildman–Crippen MR) is 67.9 cm³/mol. The van der Waals surface area contributed by atoms with Gasteiger partial charge in [-0.1, -0.05) is 0 Å². The van der Waals surface area contributed by atoms with E-state index in [0.29, 0.717) is 24.4 Å². The van der Waals surface area contributed by atoms with Gasteiger partial charge in [-0.15, -0.1) is 0 Å². The summed E-state index contributed by atoms with van der Waals surface area (Å²) in [7, 11) is 0. The lowest BCUT2D eigenvalue weighted by molar-refractivity contribution is -0.143. The molecule has 3 heterocycles. The number of carbonyl (C=O) groups excluding carboxylic acids is 1. The van der Waals surface area contributed by atoms with Crippen molar-refractivity contribution >= 4 is 11.9 Å². The van der Waals surface area contributed by atoms with Crippen LogP contribution in [-0.2, 0) is 11.2 Å². The van der Waals surface area contributed by atoms with Gasteiger partial charge in [-0.2, -0.15) is 0 Å².